The lowest BCUT2D eigenvalue weighted by Crippen LogP contribution is -2.33. The summed E-state index contributed by atoms with van der Waals surface area (Å²) >= 11 is 0. The minimum atomic E-state index is 0.392. The third kappa shape index (κ3) is 3.44. The second-order valence-corrected chi connectivity index (χ2v) is 8.15. The van der Waals surface area contributed by atoms with Gasteiger partial charge in [0.05, 0.1) is 5.69 Å². The molecule has 0 amide bonds. The van der Waals surface area contributed by atoms with Crippen LogP contribution in [-0.2, 0) is 6.54 Å². The highest BCUT2D eigenvalue weighted by Gasteiger charge is 2.28. The highest BCUT2D eigenvalue weighted by atomic mass is 15.4. The largest absolute Gasteiger partial charge is 0.361 e. The van der Waals surface area contributed by atoms with E-state index in [9.17, 15) is 0 Å². The number of nitrogens with zero attached hydrogens (tertiary/aromatic N) is 8. The van der Waals surface area contributed by atoms with E-state index in [0.29, 0.717) is 11.8 Å². The number of anilines is 1. The highest BCUT2D eigenvalue weighted by molar-refractivity contribution is 5.45. The first-order chi connectivity index (χ1) is 13.7. The Hall–Kier alpha value is -2.61. The van der Waals surface area contributed by atoms with Crippen LogP contribution in [-0.4, -0.2) is 61.9 Å². The van der Waals surface area contributed by atoms with Crippen molar-refractivity contribution in [3.8, 4) is 0 Å². The van der Waals surface area contributed by atoms with Crippen LogP contribution in [0.3, 0.4) is 0 Å². The predicted molar refractivity (Wildman–Crippen MR) is 106 cm³/mol. The minimum Gasteiger partial charge on any atom is -0.361 e. The summed E-state index contributed by atoms with van der Waals surface area (Å²) in [6.07, 6.45) is 6.53. The van der Waals surface area contributed by atoms with Gasteiger partial charge in [-0.1, -0.05) is 0 Å². The predicted octanol–water partition coefficient (Wildman–Crippen LogP) is 2.24. The van der Waals surface area contributed by atoms with E-state index in [2.05, 4.69) is 26.1 Å². The monoisotopic (exact) mass is 378 g/mol. The Morgan fingerprint density at radius 2 is 1.82 bits per heavy atom. The maximum atomic E-state index is 4.77. The fraction of sp³-hybridized carbons (Fsp3) is 0.550. The van der Waals surface area contributed by atoms with Gasteiger partial charge >= 0.3 is 0 Å². The van der Waals surface area contributed by atoms with Gasteiger partial charge in [-0.05, 0) is 57.0 Å². The van der Waals surface area contributed by atoms with Crippen LogP contribution < -0.4 is 4.90 Å². The molecule has 2 aliphatic rings. The average Bonchev–Trinajstić information content (AvgIpc) is 3.48. The maximum Gasteiger partial charge on any atom is 0.178 e. The Balaban J connectivity index is 1.26. The molecule has 8 heteroatoms. The van der Waals surface area contributed by atoms with Gasteiger partial charge in [-0.15, -0.1) is 15.3 Å². The molecule has 1 aliphatic heterocycles. The normalized spacial score (nSPS) is 18.6. The van der Waals surface area contributed by atoms with Crippen molar-refractivity contribution < 1.29 is 0 Å². The van der Waals surface area contributed by atoms with Gasteiger partial charge < -0.3 is 4.90 Å². The van der Waals surface area contributed by atoms with Crippen LogP contribution in [0.1, 0.15) is 54.9 Å². The third-order valence-corrected chi connectivity index (χ3v) is 5.74. The molecule has 146 valence electrons. The smallest absolute Gasteiger partial charge is 0.178 e. The van der Waals surface area contributed by atoms with E-state index >= 15 is 0 Å². The molecule has 2 fully saturated rings. The Morgan fingerprint density at radius 3 is 2.57 bits per heavy atom. The van der Waals surface area contributed by atoms with Gasteiger partial charge in [-0.25, -0.2) is 9.97 Å². The second kappa shape index (κ2) is 7.09. The quantitative estimate of drug-likeness (QED) is 0.674. The first kappa shape index (κ1) is 17.5. The minimum absolute atomic E-state index is 0.392. The molecular formula is C20H26N8. The molecule has 4 heterocycles. The van der Waals surface area contributed by atoms with Crippen molar-refractivity contribution in [1.82, 2.24) is 34.7 Å². The summed E-state index contributed by atoms with van der Waals surface area (Å²) < 4.78 is 1.92. The molecule has 0 aromatic carbocycles. The van der Waals surface area contributed by atoms with Crippen molar-refractivity contribution in [3.05, 3.63) is 41.7 Å². The van der Waals surface area contributed by atoms with Gasteiger partial charge in [0, 0.05) is 38.7 Å². The van der Waals surface area contributed by atoms with Crippen molar-refractivity contribution in [2.24, 2.45) is 0 Å². The topological polar surface area (TPSA) is 75.3 Å². The average molecular weight is 378 g/mol. The van der Waals surface area contributed by atoms with Crippen LogP contribution in [0.5, 0.6) is 0 Å². The van der Waals surface area contributed by atoms with Gasteiger partial charge in [-0.2, -0.15) is 4.52 Å². The van der Waals surface area contributed by atoms with Crippen LogP contribution >= 0.6 is 0 Å². The van der Waals surface area contributed by atoms with Crippen LogP contribution in [0.4, 0.5) is 5.82 Å². The molecule has 28 heavy (non-hydrogen) atoms. The lowest BCUT2D eigenvalue weighted by atomic mass is 9.96. The van der Waals surface area contributed by atoms with Crippen molar-refractivity contribution >= 4 is 11.5 Å². The lowest BCUT2D eigenvalue weighted by Gasteiger charge is -2.30. The number of likely N-dealkylation sites (tertiary alicyclic amines) is 1. The van der Waals surface area contributed by atoms with Crippen molar-refractivity contribution in [1.29, 1.82) is 0 Å². The summed E-state index contributed by atoms with van der Waals surface area (Å²) in [4.78, 5) is 13.7. The molecule has 1 saturated carbocycles. The Bertz CT molecular complexity index is 969. The summed E-state index contributed by atoms with van der Waals surface area (Å²) in [5.41, 5.74) is 1.96. The third-order valence-electron chi connectivity index (χ3n) is 5.74. The molecule has 0 spiro atoms. The van der Waals surface area contributed by atoms with E-state index in [1.165, 1.54) is 12.8 Å². The SMILES string of the molecule is CN(C)c1ccc2nnc(C3CCN(Cc4ccnc(C5CC5)n4)CC3)n2n1. The fourth-order valence-corrected chi connectivity index (χ4v) is 3.91. The van der Waals surface area contributed by atoms with E-state index in [-0.39, 0.29) is 0 Å². The summed E-state index contributed by atoms with van der Waals surface area (Å²) in [6.45, 7) is 2.98. The summed E-state index contributed by atoms with van der Waals surface area (Å²) in [7, 11) is 4.00. The molecule has 1 aliphatic carbocycles. The zero-order chi connectivity index (χ0) is 19.1. The van der Waals surface area contributed by atoms with Gasteiger partial charge in [0.15, 0.2) is 11.5 Å². The van der Waals surface area contributed by atoms with Gasteiger partial charge in [0.25, 0.3) is 0 Å². The number of piperidine rings is 1. The summed E-state index contributed by atoms with van der Waals surface area (Å²) in [5, 5.41) is 13.5. The molecule has 3 aromatic heterocycles. The van der Waals surface area contributed by atoms with Crippen LogP contribution in [0.2, 0.25) is 0 Å². The molecule has 0 N–H and O–H groups in total. The molecular weight excluding hydrogens is 352 g/mol. The standard InChI is InChI=1S/C20H26N8/c1-26(2)18-6-5-17-23-24-20(28(17)25-18)15-8-11-27(12-9-15)13-16-7-10-21-19(22-16)14-3-4-14/h5-7,10,14-15H,3-4,8-9,11-13H2,1-2H3. The van der Waals surface area contributed by atoms with Crippen molar-refractivity contribution in [2.45, 2.75) is 44.1 Å². The summed E-state index contributed by atoms with van der Waals surface area (Å²) in [6, 6.07) is 6.02. The number of hydrogen-bond donors (Lipinski definition) is 0. The molecule has 3 aromatic rings. The Kier molecular flexibility index (Phi) is 4.43. The number of aromatic nitrogens is 6. The first-order valence-corrected chi connectivity index (χ1v) is 10.1. The molecule has 8 nitrogen and oxygen atoms in total. The maximum absolute atomic E-state index is 4.77. The van der Waals surface area contributed by atoms with Crippen LogP contribution in [0.15, 0.2) is 24.4 Å². The Labute approximate surface area is 164 Å². The van der Waals surface area contributed by atoms with E-state index in [1.807, 2.05) is 41.8 Å². The van der Waals surface area contributed by atoms with E-state index in [1.54, 1.807) is 0 Å². The molecule has 0 bridgehead atoms. The number of hydrogen-bond acceptors (Lipinski definition) is 7. The molecule has 0 atom stereocenters. The second-order valence-electron chi connectivity index (χ2n) is 8.15. The lowest BCUT2D eigenvalue weighted by molar-refractivity contribution is 0.198. The van der Waals surface area contributed by atoms with Crippen molar-refractivity contribution in [3.63, 3.8) is 0 Å². The number of rotatable bonds is 5. The van der Waals surface area contributed by atoms with Gasteiger partial charge in [-0.3, -0.25) is 4.90 Å². The highest BCUT2D eigenvalue weighted by Crippen LogP contribution is 2.37. The zero-order valence-corrected chi connectivity index (χ0v) is 16.5. The fourth-order valence-electron chi connectivity index (χ4n) is 3.91. The van der Waals surface area contributed by atoms with E-state index in [0.717, 1.165) is 61.3 Å². The summed E-state index contributed by atoms with van der Waals surface area (Å²) in [5.74, 6) is 3.93. The van der Waals surface area contributed by atoms with Gasteiger partial charge in [0.2, 0.25) is 0 Å². The van der Waals surface area contributed by atoms with Gasteiger partial charge in [0.1, 0.15) is 11.6 Å². The number of fused-ring (bicyclic) bond motifs is 1. The Morgan fingerprint density at radius 1 is 1.00 bits per heavy atom. The van der Waals surface area contributed by atoms with Crippen molar-refractivity contribution in [2.75, 3.05) is 32.1 Å². The zero-order valence-electron chi connectivity index (χ0n) is 16.5. The molecule has 0 radical (unpaired) electrons. The van der Waals surface area contributed by atoms with Crippen LogP contribution in [0, 0.1) is 0 Å². The molecule has 0 unspecified atom stereocenters. The first-order valence-electron chi connectivity index (χ1n) is 10.1. The van der Waals surface area contributed by atoms with Crippen LogP contribution in [0.25, 0.3) is 5.65 Å². The van der Waals surface area contributed by atoms with E-state index < -0.39 is 0 Å². The van der Waals surface area contributed by atoms with E-state index in [4.69, 9.17) is 10.1 Å². The molecule has 5 rings (SSSR count). The molecule has 1 saturated heterocycles.